The Labute approximate surface area is 110 Å². The van der Waals surface area contributed by atoms with E-state index in [0.29, 0.717) is 11.4 Å². The Morgan fingerprint density at radius 1 is 1.40 bits per heavy atom. The number of nitrogens with two attached hydrogens (primary N) is 1. The van der Waals surface area contributed by atoms with Crippen molar-refractivity contribution in [1.29, 1.82) is 0 Å². The van der Waals surface area contributed by atoms with E-state index in [-0.39, 0.29) is 23.1 Å². The van der Waals surface area contributed by atoms with Crippen molar-refractivity contribution in [2.75, 3.05) is 5.73 Å². The molecule has 0 radical (unpaired) electrons. The standard InChI is InChI=1S/C10H7N7O3/c11-6-2-1-5(3-7(6)17(18)19)10-14-9(16-20-10)8-12-4-13-15-8/h1-4H,11H2,(H,12,13,15). The van der Waals surface area contributed by atoms with Gasteiger partial charge in [-0.2, -0.15) is 10.1 Å². The van der Waals surface area contributed by atoms with Gasteiger partial charge < -0.3 is 10.3 Å². The van der Waals surface area contributed by atoms with E-state index in [4.69, 9.17) is 10.3 Å². The normalized spacial score (nSPS) is 10.6. The smallest absolute Gasteiger partial charge is 0.292 e. The van der Waals surface area contributed by atoms with Crippen molar-refractivity contribution in [3.63, 3.8) is 0 Å². The molecule has 0 bridgehead atoms. The summed E-state index contributed by atoms with van der Waals surface area (Å²) in [4.78, 5) is 18.2. The van der Waals surface area contributed by atoms with Crippen LogP contribution < -0.4 is 5.73 Å². The van der Waals surface area contributed by atoms with Crippen LogP contribution in [0.25, 0.3) is 23.1 Å². The zero-order valence-electron chi connectivity index (χ0n) is 9.85. The second kappa shape index (κ2) is 4.42. The molecule has 0 atom stereocenters. The number of anilines is 1. The van der Waals surface area contributed by atoms with Crippen LogP contribution in [0.5, 0.6) is 0 Å². The Kier molecular flexibility index (Phi) is 2.60. The third-order valence-corrected chi connectivity index (χ3v) is 2.53. The average molecular weight is 273 g/mol. The number of nitro benzene ring substituents is 1. The maximum absolute atomic E-state index is 10.8. The third-order valence-electron chi connectivity index (χ3n) is 2.53. The molecule has 3 rings (SSSR count). The Bertz CT molecular complexity index is 765. The van der Waals surface area contributed by atoms with Gasteiger partial charge in [0.25, 0.3) is 11.6 Å². The molecular formula is C10H7N7O3. The van der Waals surface area contributed by atoms with Gasteiger partial charge in [-0.25, -0.2) is 4.98 Å². The number of hydrogen-bond donors (Lipinski definition) is 2. The summed E-state index contributed by atoms with van der Waals surface area (Å²) in [6.07, 6.45) is 1.30. The first-order valence-electron chi connectivity index (χ1n) is 5.39. The van der Waals surface area contributed by atoms with Crippen LogP contribution in [0.1, 0.15) is 0 Å². The van der Waals surface area contributed by atoms with Crippen LogP contribution >= 0.6 is 0 Å². The van der Waals surface area contributed by atoms with Crippen LogP contribution in [0, 0.1) is 10.1 Å². The Hall–Kier alpha value is -3.30. The topological polar surface area (TPSA) is 150 Å². The summed E-state index contributed by atoms with van der Waals surface area (Å²) in [5, 5.41) is 20.8. The quantitative estimate of drug-likeness (QED) is 0.407. The molecule has 10 nitrogen and oxygen atoms in total. The second-order valence-electron chi connectivity index (χ2n) is 3.79. The number of nitrogens with one attached hydrogen (secondary N) is 1. The van der Waals surface area contributed by atoms with Gasteiger partial charge in [0, 0.05) is 11.6 Å². The summed E-state index contributed by atoms with van der Waals surface area (Å²) in [6, 6.07) is 4.23. The van der Waals surface area contributed by atoms with E-state index in [2.05, 4.69) is 25.3 Å². The van der Waals surface area contributed by atoms with E-state index in [9.17, 15) is 10.1 Å². The van der Waals surface area contributed by atoms with E-state index in [1.165, 1.54) is 18.5 Å². The summed E-state index contributed by atoms with van der Waals surface area (Å²) in [7, 11) is 0. The highest BCUT2D eigenvalue weighted by atomic mass is 16.6. The van der Waals surface area contributed by atoms with Gasteiger partial charge in [0.05, 0.1) is 4.92 Å². The minimum Gasteiger partial charge on any atom is -0.393 e. The average Bonchev–Trinajstić information content (AvgIpc) is 3.09. The molecule has 1 aromatic carbocycles. The molecule has 0 aliphatic carbocycles. The highest BCUT2D eigenvalue weighted by Crippen LogP contribution is 2.28. The van der Waals surface area contributed by atoms with Crippen LogP contribution in [0.3, 0.4) is 0 Å². The van der Waals surface area contributed by atoms with Crippen molar-refractivity contribution in [3.8, 4) is 23.1 Å². The Morgan fingerprint density at radius 3 is 2.95 bits per heavy atom. The molecule has 0 aliphatic heterocycles. The second-order valence-corrected chi connectivity index (χ2v) is 3.79. The lowest BCUT2D eigenvalue weighted by Crippen LogP contribution is -1.95. The number of aromatic nitrogens is 5. The number of aromatic amines is 1. The Balaban J connectivity index is 2.02. The summed E-state index contributed by atoms with van der Waals surface area (Å²) in [5.74, 6) is 0.668. The molecule has 0 spiro atoms. The zero-order valence-corrected chi connectivity index (χ0v) is 9.85. The molecule has 0 fully saturated rings. The molecule has 10 heteroatoms. The summed E-state index contributed by atoms with van der Waals surface area (Å²) in [5.41, 5.74) is 5.76. The zero-order chi connectivity index (χ0) is 14.1. The maximum Gasteiger partial charge on any atom is 0.292 e. The molecule has 0 aliphatic rings. The molecule has 0 saturated carbocycles. The van der Waals surface area contributed by atoms with Gasteiger partial charge in [0.15, 0.2) is 5.82 Å². The van der Waals surface area contributed by atoms with Gasteiger partial charge in [-0.1, -0.05) is 5.16 Å². The van der Waals surface area contributed by atoms with Crippen molar-refractivity contribution in [2.24, 2.45) is 0 Å². The molecule has 100 valence electrons. The highest BCUT2D eigenvalue weighted by Gasteiger charge is 2.17. The molecule has 3 N–H and O–H groups in total. The van der Waals surface area contributed by atoms with Gasteiger partial charge >= 0.3 is 0 Å². The first kappa shape index (κ1) is 11.8. The molecule has 2 aromatic heterocycles. The van der Waals surface area contributed by atoms with Crippen molar-refractivity contribution < 1.29 is 9.45 Å². The minimum absolute atomic E-state index is 0.0636. The van der Waals surface area contributed by atoms with Crippen LogP contribution in [-0.4, -0.2) is 30.2 Å². The van der Waals surface area contributed by atoms with E-state index in [1.54, 1.807) is 6.07 Å². The Morgan fingerprint density at radius 2 is 2.25 bits per heavy atom. The lowest BCUT2D eigenvalue weighted by molar-refractivity contribution is -0.383. The largest absolute Gasteiger partial charge is 0.393 e. The van der Waals surface area contributed by atoms with Crippen molar-refractivity contribution in [2.45, 2.75) is 0 Å². The first-order chi connectivity index (χ1) is 9.65. The molecule has 0 unspecified atom stereocenters. The molecule has 2 heterocycles. The number of rotatable bonds is 3. The third kappa shape index (κ3) is 1.94. The minimum atomic E-state index is -0.577. The summed E-state index contributed by atoms with van der Waals surface area (Å²) >= 11 is 0. The number of H-pyrrole nitrogens is 1. The molecular weight excluding hydrogens is 266 g/mol. The predicted octanol–water partition coefficient (Wildman–Crippen LogP) is 1.01. The van der Waals surface area contributed by atoms with Crippen LogP contribution in [0.2, 0.25) is 0 Å². The van der Waals surface area contributed by atoms with Gasteiger partial charge in [-0.3, -0.25) is 15.2 Å². The van der Waals surface area contributed by atoms with Gasteiger partial charge in [0.2, 0.25) is 5.82 Å². The van der Waals surface area contributed by atoms with E-state index in [0.717, 1.165) is 0 Å². The van der Waals surface area contributed by atoms with Crippen LogP contribution in [0.4, 0.5) is 11.4 Å². The fourth-order valence-electron chi connectivity index (χ4n) is 1.58. The first-order valence-corrected chi connectivity index (χ1v) is 5.39. The number of nitro groups is 1. The van der Waals surface area contributed by atoms with Gasteiger partial charge in [0.1, 0.15) is 12.0 Å². The van der Waals surface area contributed by atoms with Crippen LogP contribution in [-0.2, 0) is 0 Å². The van der Waals surface area contributed by atoms with E-state index < -0.39 is 4.92 Å². The van der Waals surface area contributed by atoms with Gasteiger partial charge in [-0.05, 0) is 12.1 Å². The lowest BCUT2D eigenvalue weighted by atomic mass is 10.2. The number of nitrogen functional groups attached to an aromatic ring is 1. The van der Waals surface area contributed by atoms with Crippen LogP contribution in [0.15, 0.2) is 29.0 Å². The van der Waals surface area contributed by atoms with Crippen molar-refractivity contribution in [1.82, 2.24) is 25.3 Å². The number of nitrogens with zero attached hydrogens (tertiary/aromatic N) is 5. The fourth-order valence-corrected chi connectivity index (χ4v) is 1.58. The molecule has 0 amide bonds. The SMILES string of the molecule is Nc1ccc(-c2nc(-c3ncn[nH]3)no2)cc1[N+](=O)[O-]. The molecule has 20 heavy (non-hydrogen) atoms. The number of benzene rings is 1. The number of hydrogen-bond acceptors (Lipinski definition) is 8. The van der Waals surface area contributed by atoms with Crippen molar-refractivity contribution in [3.05, 3.63) is 34.6 Å². The lowest BCUT2D eigenvalue weighted by Gasteiger charge is -1.98. The predicted molar refractivity (Wildman–Crippen MR) is 66.2 cm³/mol. The van der Waals surface area contributed by atoms with E-state index >= 15 is 0 Å². The van der Waals surface area contributed by atoms with Crippen molar-refractivity contribution >= 4 is 11.4 Å². The fraction of sp³-hybridized carbons (Fsp3) is 0. The maximum atomic E-state index is 10.8. The highest BCUT2D eigenvalue weighted by molar-refractivity contribution is 5.68. The molecule has 3 aromatic rings. The van der Waals surface area contributed by atoms with Gasteiger partial charge in [-0.15, -0.1) is 0 Å². The van der Waals surface area contributed by atoms with E-state index in [1.807, 2.05) is 0 Å². The summed E-state index contributed by atoms with van der Waals surface area (Å²) in [6.45, 7) is 0. The monoisotopic (exact) mass is 273 g/mol. The summed E-state index contributed by atoms with van der Waals surface area (Å²) < 4.78 is 5.04. The molecule has 0 saturated heterocycles.